The van der Waals surface area contributed by atoms with Crippen LogP contribution in [-0.4, -0.2) is 70.8 Å². The van der Waals surface area contributed by atoms with E-state index in [9.17, 15) is 0 Å². The van der Waals surface area contributed by atoms with Crippen LogP contribution >= 0.6 is 0 Å². The average molecular weight is 465 g/mol. The van der Waals surface area contributed by atoms with Crippen molar-refractivity contribution in [3.8, 4) is 22.8 Å². The molecule has 174 valence electrons. The molecule has 35 heavy (non-hydrogen) atoms. The van der Waals surface area contributed by atoms with E-state index in [2.05, 4.69) is 70.4 Å². The maximum Gasteiger partial charge on any atom is 0.272 e. The highest BCUT2D eigenvalue weighted by atomic mass is 15.4. The number of rotatable bonds is 5. The molecule has 10 heteroatoms. The van der Waals surface area contributed by atoms with E-state index in [1.807, 2.05) is 25.1 Å². The summed E-state index contributed by atoms with van der Waals surface area (Å²) in [7, 11) is 0. The second-order valence-corrected chi connectivity index (χ2v) is 8.51. The molecule has 0 bridgehead atoms. The zero-order valence-corrected chi connectivity index (χ0v) is 19.4. The first-order chi connectivity index (χ1) is 17.2. The van der Waals surface area contributed by atoms with Crippen LogP contribution in [0.15, 0.2) is 67.1 Å². The minimum atomic E-state index is 0.446. The number of hydrogen-bond donors (Lipinski definition) is 0. The van der Waals surface area contributed by atoms with E-state index in [0.717, 1.165) is 49.7 Å². The topological polar surface area (TPSA) is 101 Å². The van der Waals surface area contributed by atoms with Crippen LogP contribution in [0.1, 0.15) is 11.3 Å². The highest BCUT2D eigenvalue weighted by molar-refractivity contribution is 5.61. The molecule has 10 nitrogen and oxygen atoms in total. The number of hydrogen-bond acceptors (Lipinski definition) is 9. The van der Waals surface area contributed by atoms with Gasteiger partial charge in [-0.25, -0.2) is 9.97 Å². The van der Waals surface area contributed by atoms with Crippen molar-refractivity contribution in [1.29, 1.82) is 0 Å². The Kier molecular flexibility index (Phi) is 5.55. The van der Waals surface area contributed by atoms with Crippen LogP contribution in [0.25, 0.3) is 28.6 Å². The summed E-state index contributed by atoms with van der Waals surface area (Å²) in [5.74, 6) is 1.74. The predicted octanol–water partition coefficient (Wildman–Crippen LogP) is 2.67. The minimum Gasteiger partial charge on any atom is -0.338 e. The lowest BCUT2D eigenvalue weighted by atomic mass is 10.2. The summed E-state index contributed by atoms with van der Waals surface area (Å²) in [6, 6.07) is 16.2. The van der Waals surface area contributed by atoms with E-state index >= 15 is 0 Å². The molecule has 1 aliphatic rings. The molecule has 5 heterocycles. The molecule has 1 saturated heterocycles. The van der Waals surface area contributed by atoms with E-state index < -0.39 is 0 Å². The molecule has 4 aromatic heterocycles. The molecule has 1 aromatic carbocycles. The van der Waals surface area contributed by atoms with Crippen LogP contribution in [0.5, 0.6) is 0 Å². The van der Waals surface area contributed by atoms with Crippen molar-refractivity contribution >= 4 is 11.7 Å². The fourth-order valence-corrected chi connectivity index (χ4v) is 4.30. The number of aromatic nitrogens is 8. The summed E-state index contributed by atoms with van der Waals surface area (Å²) in [5, 5.41) is 13.4. The lowest BCUT2D eigenvalue weighted by Crippen LogP contribution is -2.46. The molecule has 0 N–H and O–H groups in total. The smallest absolute Gasteiger partial charge is 0.272 e. The van der Waals surface area contributed by atoms with Crippen molar-refractivity contribution in [1.82, 2.24) is 44.6 Å². The third-order valence-corrected chi connectivity index (χ3v) is 6.22. The molecule has 1 fully saturated rings. The fourth-order valence-electron chi connectivity index (χ4n) is 4.30. The summed E-state index contributed by atoms with van der Waals surface area (Å²) >= 11 is 0. The third kappa shape index (κ3) is 4.31. The summed E-state index contributed by atoms with van der Waals surface area (Å²) < 4.78 is 1.71. The highest BCUT2D eigenvalue weighted by Crippen LogP contribution is 2.22. The molecule has 0 unspecified atom stereocenters. The number of benzene rings is 1. The first-order valence-electron chi connectivity index (χ1n) is 11.6. The molecule has 0 amide bonds. The summed E-state index contributed by atoms with van der Waals surface area (Å²) in [5.41, 5.74) is 4.41. The van der Waals surface area contributed by atoms with E-state index in [1.165, 1.54) is 5.56 Å². The van der Waals surface area contributed by atoms with Gasteiger partial charge in [-0.15, -0.1) is 15.3 Å². The molecule has 0 spiro atoms. The van der Waals surface area contributed by atoms with Crippen LogP contribution in [0, 0.1) is 6.92 Å². The van der Waals surface area contributed by atoms with E-state index in [0.29, 0.717) is 23.2 Å². The second-order valence-electron chi connectivity index (χ2n) is 8.51. The largest absolute Gasteiger partial charge is 0.338 e. The Labute approximate surface area is 202 Å². The van der Waals surface area contributed by atoms with Gasteiger partial charge in [0.05, 0.1) is 11.4 Å². The minimum absolute atomic E-state index is 0.446. The van der Waals surface area contributed by atoms with E-state index in [-0.39, 0.29) is 0 Å². The lowest BCUT2D eigenvalue weighted by Gasteiger charge is -2.34. The molecule has 5 aromatic rings. The van der Waals surface area contributed by atoms with Crippen molar-refractivity contribution < 1.29 is 0 Å². The van der Waals surface area contributed by atoms with Crippen LogP contribution in [0.4, 0.5) is 5.95 Å². The Morgan fingerprint density at radius 1 is 0.829 bits per heavy atom. The van der Waals surface area contributed by atoms with Crippen LogP contribution in [0.3, 0.4) is 0 Å². The SMILES string of the molecule is Cc1c(-c2ccnc(N3CCN(Cc4ccccc4)CC3)n2)nnc2nc(-c3ccncc3)nn12. The number of pyridine rings is 1. The Bertz CT molecular complexity index is 1440. The molecule has 1 aliphatic heterocycles. The van der Waals surface area contributed by atoms with Crippen molar-refractivity contribution in [3.63, 3.8) is 0 Å². The van der Waals surface area contributed by atoms with Gasteiger partial charge in [-0.2, -0.15) is 9.50 Å². The Hall–Kier alpha value is -4.31. The normalized spacial score (nSPS) is 14.5. The fraction of sp³-hybridized carbons (Fsp3) is 0.240. The predicted molar refractivity (Wildman–Crippen MR) is 132 cm³/mol. The number of fused-ring (bicyclic) bond motifs is 1. The second kappa shape index (κ2) is 9.15. The Balaban J connectivity index is 1.22. The molecule has 0 radical (unpaired) electrons. The zero-order chi connectivity index (χ0) is 23.6. The lowest BCUT2D eigenvalue weighted by molar-refractivity contribution is 0.248. The van der Waals surface area contributed by atoms with Gasteiger partial charge in [-0.3, -0.25) is 9.88 Å². The first kappa shape index (κ1) is 21.2. The zero-order valence-electron chi connectivity index (χ0n) is 19.4. The van der Waals surface area contributed by atoms with Crippen LogP contribution in [-0.2, 0) is 6.54 Å². The van der Waals surface area contributed by atoms with Gasteiger partial charge in [0.15, 0.2) is 5.82 Å². The van der Waals surface area contributed by atoms with Gasteiger partial charge in [0, 0.05) is 56.9 Å². The highest BCUT2D eigenvalue weighted by Gasteiger charge is 2.21. The van der Waals surface area contributed by atoms with Gasteiger partial charge in [0.1, 0.15) is 5.69 Å². The number of anilines is 1. The van der Waals surface area contributed by atoms with Gasteiger partial charge >= 0.3 is 0 Å². The van der Waals surface area contributed by atoms with Crippen molar-refractivity contribution in [2.45, 2.75) is 13.5 Å². The maximum absolute atomic E-state index is 4.83. The average Bonchev–Trinajstić information content (AvgIpc) is 3.36. The molecule has 0 saturated carbocycles. The van der Waals surface area contributed by atoms with Crippen LogP contribution < -0.4 is 4.90 Å². The standard InChI is InChI=1S/C25H24N10/c1-18-22(30-31-25-29-23(32-35(18)25)20-7-10-26-11-8-20)21-9-12-27-24(28-21)34-15-13-33(14-16-34)17-19-5-3-2-4-6-19/h2-12H,13-17H2,1H3. The maximum atomic E-state index is 4.83. The van der Waals surface area contributed by atoms with Gasteiger partial charge in [0.2, 0.25) is 5.95 Å². The summed E-state index contributed by atoms with van der Waals surface area (Å²) in [4.78, 5) is 22.6. The summed E-state index contributed by atoms with van der Waals surface area (Å²) in [6.45, 7) is 6.58. The molecular weight excluding hydrogens is 440 g/mol. The first-order valence-corrected chi connectivity index (χ1v) is 11.6. The van der Waals surface area contributed by atoms with Gasteiger partial charge < -0.3 is 4.90 Å². The Morgan fingerprint density at radius 2 is 1.63 bits per heavy atom. The molecule has 0 aliphatic carbocycles. The van der Waals surface area contributed by atoms with Gasteiger partial charge in [-0.1, -0.05) is 30.3 Å². The van der Waals surface area contributed by atoms with E-state index in [1.54, 1.807) is 23.1 Å². The Morgan fingerprint density at radius 3 is 2.43 bits per heavy atom. The summed E-state index contributed by atoms with van der Waals surface area (Å²) in [6.07, 6.45) is 5.22. The molecular formula is C25H24N10. The molecule has 0 atom stereocenters. The number of nitrogens with zero attached hydrogens (tertiary/aromatic N) is 10. The van der Waals surface area contributed by atoms with E-state index in [4.69, 9.17) is 4.98 Å². The number of piperazine rings is 1. The van der Waals surface area contributed by atoms with Gasteiger partial charge in [-0.05, 0) is 30.7 Å². The quantitative estimate of drug-likeness (QED) is 0.388. The van der Waals surface area contributed by atoms with Crippen molar-refractivity contribution in [2.75, 3.05) is 31.1 Å². The van der Waals surface area contributed by atoms with Crippen molar-refractivity contribution in [3.05, 3.63) is 78.4 Å². The monoisotopic (exact) mass is 464 g/mol. The third-order valence-electron chi connectivity index (χ3n) is 6.22. The van der Waals surface area contributed by atoms with Crippen molar-refractivity contribution in [2.24, 2.45) is 0 Å². The van der Waals surface area contributed by atoms with Crippen LogP contribution in [0.2, 0.25) is 0 Å². The number of aryl methyl sites for hydroxylation is 1. The van der Waals surface area contributed by atoms with Gasteiger partial charge in [0.25, 0.3) is 5.78 Å². The molecule has 6 rings (SSSR count).